The Morgan fingerprint density at radius 1 is 0.705 bits per heavy atom. The van der Waals surface area contributed by atoms with E-state index in [-0.39, 0.29) is 5.54 Å². The van der Waals surface area contributed by atoms with Gasteiger partial charge in [0.2, 0.25) is 0 Å². The average molecular weight is 798 g/mol. The molecule has 4 heterocycles. The van der Waals surface area contributed by atoms with Crippen LogP contribution in [0.1, 0.15) is 99.7 Å². The predicted octanol–water partition coefficient (Wildman–Crippen LogP) is 13.9. The van der Waals surface area contributed by atoms with Gasteiger partial charge in [-0.25, -0.2) is 4.98 Å². The lowest BCUT2D eigenvalue weighted by Crippen LogP contribution is -2.54. The number of rotatable bonds is 5. The molecule has 3 aliphatic rings. The second-order valence-electron chi connectivity index (χ2n) is 19.3. The van der Waals surface area contributed by atoms with Crippen LogP contribution in [-0.2, 0) is 12.0 Å². The van der Waals surface area contributed by atoms with Crippen LogP contribution in [-0.4, -0.2) is 30.4 Å². The van der Waals surface area contributed by atoms with Crippen LogP contribution < -0.4 is 0 Å². The molecule has 0 N–H and O–H groups in total. The molecular weight excluding hydrogens is 743 g/mol. The van der Waals surface area contributed by atoms with Gasteiger partial charge in [0.25, 0.3) is 0 Å². The van der Waals surface area contributed by atoms with Gasteiger partial charge in [0, 0.05) is 56.3 Å². The number of allylic oxidation sites excluding steroid dienone is 4. The summed E-state index contributed by atoms with van der Waals surface area (Å²) in [7, 11) is 0. The van der Waals surface area contributed by atoms with Crippen molar-refractivity contribution in [1.29, 1.82) is 0 Å². The van der Waals surface area contributed by atoms with Gasteiger partial charge in [-0.2, -0.15) is 0 Å². The van der Waals surface area contributed by atoms with E-state index in [2.05, 4.69) is 192 Å². The highest BCUT2D eigenvalue weighted by Crippen LogP contribution is 2.57. The Hall–Kier alpha value is -6.20. The number of aryl methyl sites for hydroxylation is 3. The van der Waals surface area contributed by atoms with E-state index in [1.807, 2.05) is 6.20 Å². The number of hydrogen-bond acceptors (Lipinski definition) is 3. The molecule has 8 aromatic rings. The number of pyridine rings is 1. The molecule has 0 saturated carbocycles. The van der Waals surface area contributed by atoms with E-state index in [4.69, 9.17) is 9.98 Å². The maximum absolute atomic E-state index is 5.92. The maximum Gasteiger partial charge on any atom is 0.145 e. The van der Waals surface area contributed by atoms with Crippen LogP contribution in [0.4, 0.5) is 0 Å². The van der Waals surface area contributed by atoms with E-state index >= 15 is 0 Å². The number of hydrogen-bond donors (Lipinski definition) is 0. The largest absolute Gasteiger partial charge is 0.320 e. The summed E-state index contributed by atoms with van der Waals surface area (Å²) < 4.78 is 4.86. The zero-order chi connectivity index (χ0) is 42.3. The van der Waals surface area contributed by atoms with Crippen LogP contribution in [0.25, 0.3) is 55.1 Å². The molecule has 0 saturated heterocycles. The standard InChI is InChI=1S/C56H55N5/c1-32(2)39-17-22-48-46(28-39)44-12-11-23-57-54(44)59(48)42-18-19-43-45-27-34(4)14-21-49(45)60(51(43)30-42)50-29-40(16-15-36(50)6)53-58-56(10)47-20-13-33(3)26-41(47)31-55(56,9)61(53)52-37(7)24-35(5)25-38(52)8/h11-24,26-30,32,38H,25,31H2,1-10H3/t38-,55-,56+/m0/s1. The van der Waals surface area contributed by atoms with Crippen LogP contribution in [0, 0.1) is 26.7 Å². The molecule has 3 atom stereocenters. The average Bonchev–Trinajstić information content (AvgIpc) is 3.86. The predicted molar refractivity (Wildman–Crippen MR) is 256 cm³/mol. The fourth-order valence-corrected chi connectivity index (χ4v) is 11.6. The van der Waals surface area contributed by atoms with Gasteiger partial charge in [-0.15, -0.1) is 0 Å². The summed E-state index contributed by atoms with van der Waals surface area (Å²) >= 11 is 0. The van der Waals surface area contributed by atoms with Crippen LogP contribution in [0.3, 0.4) is 0 Å². The first-order chi connectivity index (χ1) is 29.3. The van der Waals surface area contributed by atoms with Crippen molar-refractivity contribution in [1.82, 2.24) is 19.0 Å². The second-order valence-corrected chi connectivity index (χ2v) is 19.3. The van der Waals surface area contributed by atoms with Crippen molar-refractivity contribution in [3.8, 4) is 11.4 Å². The van der Waals surface area contributed by atoms with Gasteiger partial charge in [0.05, 0.1) is 22.1 Å². The van der Waals surface area contributed by atoms with E-state index < -0.39 is 5.54 Å². The summed E-state index contributed by atoms with van der Waals surface area (Å²) in [5.41, 5.74) is 19.4. The SMILES string of the molecule is CC1=CC(C)=C(N2C(c3ccc(C)c(-n4c5ccc(C)cc5c5ccc(-n6c7ccc(C(C)C)cc7c7cccnc76)cc54)c3)=N[C@]3(C)c4ccc(C)cc4C[C@]23C)[C@@H](C)C1. The van der Waals surface area contributed by atoms with Crippen molar-refractivity contribution >= 4 is 49.6 Å². The van der Waals surface area contributed by atoms with Crippen molar-refractivity contribution in [2.75, 3.05) is 0 Å². The van der Waals surface area contributed by atoms with E-state index in [0.29, 0.717) is 11.8 Å². The minimum absolute atomic E-state index is 0.265. The molecule has 61 heavy (non-hydrogen) atoms. The number of amidine groups is 1. The zero-order valence-corrected chi connectivity index (χ0v) is 37.3. The number of benzene rings is 5. The first-order valence-electron chi connectivity index (χ1n) is 22.2. The van der Waals surface area contributed by atoms with E-state index in [0.717, 1.165) is 35.6 Å². The van der Waals surface area contributed by atoms with E-state index in [9.17, 15) is 0 Å². The highest BCUT2D eigenvalue weighted by Gasteiger charge is 2.61. The Labute approximate surface area is 359 Å². The Morgan fingerprint density at radius 2 is 1.46 bits per heavy atom. The summed E-state index contributed by atoms with van der Waals surface area (Å²) in [6.45, 7) is 23.0. The first kappa shape index (κ1) is 37.8. The summed E-state index contributed by atoms with van der Waals surface area (Å²) in [4.78, 5) is 13.6. The molecule has 0 fully saturated rings. The van der Waals surface area contributed by atoms with Gasteiger partial charge in [0.15, 0.2) is 0 Å². The van der Waals surface area contributed by atoms with Crippen LogP contribution in [0.15, 0.2) is 137 Å². The van der Waals surface area contributed by atoms with Crippen molar-refractivity contribution < 1.29 is 0 Å². The van der Waals surface area contributed by atoms with Gasteiger partial charge >= 0.3 is 0 Å². The Morgan fingerprint density at radius 3 is 2.26 bits per heavy atom. The van der Waals surface area contributed by atoms with Crippen molar-refractivity contribution in [2.24, 2.45) is 10.9 Å². The molecule has 0 spiro atoms. The van der Waals surface area contributed by atoms with Crippen LogP contribution in [0.5, 0.6) is 0 Å². The lowest BCUT2D eigenvalue weighted by Gasteiger charge is -2.45. The molecule has 3 aromatic heterocycles. The third-order valence-electron chi connectivity index (χ3n) is 14.7. The molecule has 2 aliphatic carbocycles. The minimum atomic E-state index is -0.412. The van der Waals surface area contributed by atoms with Crippen molar-refractivity contribution in [3.63, 3.8) is 0 Å². The molecule has 1 aliphatic heterocycles. The topological polar surface area (TPSA) is 38.4 Å². The van der Waals surface area contributed by atoms with Crippen LogP contribution in [0.2, 0.25) is 0 Å². The summed E-state index contributed by atoms with van der Waals surface area (Å²) in [5.74, 6) is 1.88. The normalized spacial score (nSPS) is 21.4. The van der Waals surface area contributed by atoms with Gasteiger partial charge in [-0.05, 0) is 150 Å². The van der Waals surface area contributed by atoms with Gasteiger partial charge in [-0.1, -0.05) is 92.1 Å². The van der Waals surface area contributed by atoms with Crippen molar-refractivity contribution in [3.05, 3.63) is 171 Å². The highest BCUT2D eigenvalue weighted by molar-refractivity contribution is 6.12. The number of nitrogens with zero attached hydrogens (tertiary/aromatic N) is 5. The van der Waals surface area contributed by atoms with Crippen molar-refractivity contribution in [2.45, 2.75) is 99.1 Å². The Balaban J connectivity index is 1.15. The maximum atomic E-state index is 5.92. The fraction of sp³-hybridized carbons (Fsp3) is 0.286. The lowest BCUT2D eigenvalue weighted by molar-refractivity contribution is 0.162. The highest BCUT2D eigenvalue weighted by atomic mass is 15.4. The summed E-state index contributed by atoms with van der Waals surface area (Å²) in [6, 6.07) is 39.2. The molecule has 5 heteroatoms. The van der Waals surface area contributed by atoms with E-state index in [1.54, 1.807) is 0 Å². The second kappa shape index (κ2) is 13.1. The summed E-state index contributed by atoms with van der Waals surface area (Å²) in [5, 5.41) is 4.91. The van der Waals surface area contributed by atoms with Gasteiger partial charge in [0.1, 0.15) is 17.0 Å². The molecule has 5 nitrogen and oxygen atoms in total. The molecule has 304 valence electrons. The molecule has 11 rings (SSSR count). The molecule has 0 amide bonds. The first-order valence-corrected chi connectivity index (χ1v) is 22.2. The van der Waals surface area contributed by atoms with Gasteiger partial charge < -0.3 is 9.47 Å². The third kappa shape index (κ3) is 5.32. The fourth-order valence-electron chi connectivity index (χ4n) is 11.6. The van der Waals surface area contributed by atoms with Crippen LogP contribution >= 0.6 is 0 Å². The van der Waals surface area contributed by atoms with E-state index in [1.165, 1.54) is 94.0 Å². The number of aromatic nitrogens is 3. The molecule has 0 radical (unpaired) electrons. The molecule has 5 aromatic carbocycles. The monoisotopic (exact) mass is 797 g/mol. The smallest absolute Gasteiger partial charge is 0.145 e. The quantitative estimate of drug-likeness (QED) is 0.174. The summed E-state index contributed by atoms with van der Waals surface area (Å²) in [6.07, 6.45) is 6.33. The molecule has 0 unspecified atom stereocenters. The molecular formula is C56H55N5. The zero-order valence-electron chi connectivity index (χ0n) is 37.3. The Bertz CT molecular complexity index is 3290. The molecule has 0 bridgehead atoms. The minimum Gasteiger partial charge on any atom is -0.320 e. The van der Waals surface area contributed by atoms with Gasteiger partial charge in [-0.3, -0.25) is 9.56 Å². The Kier molecular flexibility index (Phi) is 8.14. The number of aliphatic imine (C=N–C) groups is 1. The number of fused-ring (bicyclic) bond motifs is 9. The lowest BCUT2D eigenvalue weighted by atomic mass is 9.78. The third-order valence-corrected chi connectivity index (χ3v) is 14.7.